The van der Waals surface area contributed by atoms with E-state index in [4.69, 9.17) is 10.00 Å². The summed E-state index contributed by atoms with van der Waals surface area (Å²) in [5.74, 6) is -0.386. The highest BCUT2D eigenvalue weighted by Gasteiger charge is 2.20. The van der Waals surface area contributed by atoms with Gasteiger partial charge in [-0.05, 0) is 17.7 Å². The predicted molar refractivity (Wildman–Crippen MR) is 71.7 cm³/mol. The van der Waals surface area contributed by atoms with Gasteiger partial charge in [-0.15, -0.1) is 0 Å². The molecule has 1 atom stereocenters. The summed E-state index contributed by atoms with van der Waals surface area (Å²) in [6.45, 7) is -0.100. The number of benzene rings is 2. The summed E-state index contributed by atoms with van der Waals surface area (Å²) in [5, 5.41) is 9.12. The van der Waals surface area contributed by atoms with Crippen molar-refractivity contribution in [3.8, 4) is 11.8 Å². The third-order valence-corrected chi connectivity index (χ3v) is 2.71. The van der Waals surface area contributed by atoms with E-state index in [9.17, 15) is 4.79 Å². The Morgan fingerprint density at radius 3 is 2.21 bits per heavy atom. The third kappa shape index (κ3) is 3.43. The van der Waals surface area contributed by atoms with E-state index in [-0.39, 0.29) is 12.4 Å². The van der Waals surface area contributed by atoms with Gasteiger partial charge in [-0.1, -0.05) is 48.5 Å². The molecule has 0 aliphatic rings. The van der Waals surface area contributed by atoms with Crippen LogP contribution < -0.4 is 4.74 Å². The molecule has 3 heteroatoms. The molecule has 0 N–H and O–H groups in total. The molecule has 2 aromatic carbocycles. The Hall–Kier alpha value is -2.60. The molecule has 19 heavy (non-hydrogen) atoms. The minimum Gasteiger partial charge on any atom is -0.486 e. The minimum atomic E-state index is -0.773. The quantitative estimate of drug-likeness (QED) is 0.820. The lowest BCUT2D eigenvalue weighted by Gasteiger charge is -2.09. The standard InChI is InChI=1S/C16H13NO2/c17-11-15(13-7-3-1-4-8-13)16(18)12-19-14-9-5-2-6-10-14/h1-10,15H,12H2/t15-/m0/s1. The Bertz CT molecular complexity index is 573. The van der Waals surface area contributed by atoms with Crippen molar-refractivity contribution in [2.24, 2.45) is 0 Å². The molecular formula is C16H13NO2. The molecule has 0 saturated carbocycles. The second-order valence-electron chi connectivity index (χ2n) is 4.04. The van der Waals surface area contributed by atoms with Crippen LogP contribution in [0.1, 0.15) is 11.5 Å². The van der Waals surface area contributed by atoms with Gasteiger partial charge in [-0.2, -0.15) is 5.26 Å². The van der Waals surface area contributed by atoms with E-state index in [0.717, 1.165) is 0 Å². The molecule has 0 unspecified atom stereocenters. The van der Waals surface area contributed by atoms with Crippen molar-refractivity contribution in [1.82, 2.24) is 0 Å². The number of ketones is 1. The van der Waals surface area contributed by atoms with E-state index in [1.165, 1.54) is 0 Å². The van der Waals surface area contributed by atoms with Crippen molar-refractivity contribution in [2.75, 3.05) is 6.61 Å². The molecule has 0 aliphatic carbocycles. The summed E-state index contributed by atoms with van der Waals surface area (Å²) in [6.07, 6.45) is 0. The third-order valence-electron chi connectivity index (χ3n) is 2.71. The Morgan fingerprint density at radius 2 is 1.63 bits per heavy atom. The number of hydrogen-bond donors (Lipinski definition) is 0. The van der Waals surface area contributed by atoms with E-state index in [1.807, 2.05) is 42.5 Å². The fourth-order valence-corrected chi connectivity index (χ4v) is 1.73. The molecule has 2 rings (SSSR count). The van der Waals surface area contributed by atoms with Crippen molar-refractivity contribution < 1.29 is 9.53 Å². The van der Waals surface area contributed by atoms with E-state index >= 15 is 0 Å². The van der Waals surface area contributed by atoms with Gasteiger partial charge in [0.1, 0.15) is 18.3 Å². The normalized spacial score (nSPS) is 11.3. The molecule has 3 nitrogen and oxygen atoms in total. The van der Waals surface area contributed by atoms with Crippen LogP contribution in [0.2, 0.25) is 0 Å². The molecule has 0 spiro atoms. The topological polar surface area (TPSA) is 50.1 Å². The molecule has 0 heterocycles. The lowest BCUT2D eigenvalue weighted by Crippen LogP contribution is -2.18. The summed E-state index contributed by atoms with van der Waals surface area (Å²) in [7, 11) is 0. The predicted octanol–water partition coefficient (Wildman–Crippen LogP) is 2.94. The monoisotopic (exact) mass is 251 g/mol. The first-order chi connectivity index (χ1) is 9.31. The average molecular weight is 251 g/mol. The Balaban J connectivity index is 2.01. The first-order valence-electron chi connectivity index (χ1n) is 5.96. The zero-order chi connectivity index (χ0) is 13.5. The number of Topliss-reactive ketones (excluding diaryl/α,β-unsaturated/α-hetero) is 1. The van der Waals surface area contributed by atoms with Gasteiger partial charge < -0.3 is 4.74 Å². The number of para-hydroxylation sites is 1. The second-order valence-corrected chi connectivity index (χ2v) is 4.04. The number of hydrogen-bond acceptors (Lipinski definition) is 3. The molecule has 0 bridgehead atoms. The number of carbonyl (C=O) groups excluding carboxylic acids is 1. The first-order valence-corrected chi connectivity index (χ1v) is 5.96. The van der Waals surface area contributed by atoms with Gasteiger partial charge in [0, 0.05) is 0 Å². The van der Waals surface area contributed by atoms with Crippen LogP contribution in [0.25, 0.3) is 0 Å². The maximum absolute atomic E-state index is 12.0. The summed E-state index contributed by atoms with van der Waals surface area (Å²) in [5.41, 5.74) is 0.701. The highest BCUT2D eigenvalue weighted by molar-refractivity contribution is 5.89. The van der Waals surface area contributed by atoms with Crippen LogP contribution in [-0.4, -0.2) is 12.4 Å². The van der Waals surface area contributed by atoms with Gasteiger partial charge in [0.05, 0.1) is 6.07 Å². The van der Waals surface area contributed by atoms with Gasteiger partial charge in [0.25, 0.3) is 0 Å². The molecule has 0 saturated heterocycles. The fraction of sp³-hybridized carbons (Fsp3) is 0.125. The second kappa shape index (κ2) is 6.36. The molecule has 94 valence electrons. The highest BCUT2D eigenvalue weighted by Crippen LogP contribution is 2.16. The van der Waals surface area contributed by atoms with E-state index < -0.39 is 5.92 Å². The smallest absolute Gasteiger partial charge is 0.191 e. The lowest BCUT2D eigenvalue weighted by atomic mass is 9.97. The number of nitrogens with zero attached hydrogens (tertiary/aromatic N) is 1. The molecule has 2 aromatic rings. The maximum Gasteiger partial charge on any atom is 0.191 e. The first kappa shape index (κ1) is 12.8. The Kier molecular flexibility index (Phi) is 4.30. The van der Waals surface area contributed by atoms with E-state index in [2.05, 4.69) is 0 Å². The lowest BCUT2D eigenvalue weighted by molar-refractivity contribution is -0.121. The van der Waals surface area contributed by atoms with Crippen LogP contribution in [0.3, 0.4) is 0 Å². The minimum absolute atomic E-state index is 0.100. The van der Waals surface area contributed by atoms with Crippen LogP contribution in [0.5, 0.6) is 5.75 Å². The highest BCUT2D eigenvalue weighted by atomic mass is 16.5. The Morgan fingerprint density at radius 1 is 1.05 bits per heavy atom. The van der Waals surface area contributed by atoms with E-state index in [1.54, 1.807) is 24.3 Å². The SMILES string of the molecule is N#C[C@H](C(=O)COc1ccccc1)c1ccccc1. The Labute approximate surface area is 112 Å². The molecule has 0 radical (unpaired) electrons. The van der Waals surface area contributed by atoms with Crippen molar-refractivity contribution in [3.05, 3.63) is 66.2 Å². The van der Waals surface area contributed by atoms with Gasteiger partial charge in [0.15, 0.2) is 5.78 Å². The molecular weight excluding hydrogens is 238 g/mol. The molecule has 0 aromatic heterocycles. The van der Waals surface area contributed by atoms with Crippen molar-refractivity contribution in [1.29, 1.82) is 5.26 Å². The van der Waals surface area contributed by atoms with Gasteiger partial charge in [-0.3, -0.25) is 4.79 Å². The zero-order valence-corrected chi connectivity index (χ0v) is 10.3. The van der Waals surface area contributed by atoms with Crippen LogP contribution in [0, 0.1) is 11.3 Å². The summed E-state index contributed by atoms with van der Waals surface area (Å²) >= 11 is 0. The summed E-state index contributed by atoms with van der Waals surface area (Å²) < 4.78 is 5.37. The average Bonchev–Trinajstić information content (AvgIpc) is 2.48. The van der Waals surface area contributed by atoms with Gasteiger partial charge in [0.2, 0.25) is 0 Å². The van der Waals surface area contributed by atoms with Crippen molar-refractivity contribution >= 4 is 5.78 Å². The summed E-state index contributed by atoms with van der Waals surface area (Å²) in [4.78, 5) is 12.0. The van der Waals surface area contributed by atoms with Crippen LogP contribution in [0.4, 0.5) is 0 Å². The zero-order valence-electron chi connectivity index (χ0n) is 10.3. The number of rotatable bonds is 5. The van der Waals surface area contributed by atoms with Crippen molar-refractivity contribution in [2.45, 2.75) is 5.92 Å². The van der Waals surface area contributed by atoms with Crippen LogP contribution in [0.15, 0.2) is 60.7 Å². The van der Waals surface area contributed by atoms with Gasteiger partial charge >= 0.3 is 0 Å². The fourth-order valence-electron chi connectivity index (χ4n) is 1.73. The number of ether oxygens (including phenoxy) is 1. The van der Waals surface area contributed by atoms with E-state index in [0.29, 0.717) is 11.3 Å². The molecule has 0 fully saturated rings. The van der Waals surface area contributed by atoms with Crippen LogP contribution >= 0.6 is 0 Å². The van der Waals surface area contributed by atoms with Gasteiger partial charge in [-0.25, -0.2) is 0 Å². The van der Waals surface area contributed by atoms with Crippen LogP contribution in [-0.2, 0) is 4.79 Å². The van der Waals surface area contributed by atoms with Crippen molar-refractivity contribution in [3.63, 3.8) is 0 Å². The molecule has 0 amide bonds. The molecule has 0 aliphatic heterocycles. The number of nitriles is 1. The maximum atomic E-state index is 12.0. The number of carbonyl (C=O) groups is 1. The summed E-state index contributed by atoms with van der Waals surface area (Å²) in [6, 6.07) is 20.1. The largest absolute Gasteiger partial charge is 0.486 e.